The number of likely N-dealkylation sites (tertiary alicyclic amines) is 1. The largest absolute Gasteiger partial charge is 0.317 e. The Morgan fingerprint density at radius 3 is 2.52 bits per heavy atom. The van der Waals surface area contributed by atoms with Crippen molar-refractivity contribution >= 4 is 10.8 Å². The highest BCUT2D eigenvalue weighted by Gasteiger charge is 2.35. The Kier molecular flexibility index (Phi) is 5.55. The van der Waals surface area contributed by atoms with Crippen molar-refractivity contribution in [1.29, 1.82) is 0 Å². The summed E-state index contributed by atoms with van der Waals surface area (Å²) in [5.41, 5.74) is 1.92. The van der Waals surface area contributed by atoms with Crippen molar-refractivity contribution in [2.75, 3.05) is 26.2 Å². The molecule has 1 aromatic carbocycles. The minimum atomic E-state index is -0.886. The summed E-state index contributed by atoms with van der Waals surface area (Å²) in [6.07, 6.45) is 5.38. The van der Waals surface area contributed by atoms with Crippen molar-refractivity contribution in [2.45, 2.75) is 56.2 Å². The van der Waals surface area contributed by atoms with Gasteiger partial charge in [-0.1, -0.05) is 26.0 Å². The average molecular weight is 335 g/mol. The molecule has 0 bridgehead atoms. The minimum absolute atomic E-state index is 0.181. The van der Waals surface area contributed by atoms with Gasteiger partial charge in [-0.15, -0.1) is 0 Å². The molecule has 1 spiro atoms. The molecular weight excluding hydrogens is 304 g/mol. The molecule has 23 heavy (non-hydrogen) atoms. The van der Waals surface area contributed by atoms with Crippen LogP contribution in [-0.2, 0) is 17.3 Å². The van der Waals surface area contributed by atoms with Crippen LogP contribution in [0.2, 0.25) is 0 Å². The van der Waals surface area contributed by atoms with E-state index in [1.165, 1.54) is 57.4 Å². The summed E-state index contributed by atoms with van der Waals surface area (Å²) in [6, 6.07) is 8.38. The Morgan fingerprint density at radius 1 is 1.17 bits per heavy atom. The Morgan fingerprint density at radius 2 is 1.87 bits per heavy atom. The zero-order chi connectivity index (χ0) is 16.3. The van der Waals surface area contributed by atoms with Crippen LogP contribution in [0.4, 0.5) is 0 Å². The smallest absolute Gasteiger partial charge is 0.0555 e. The van der Waals surface area contributed by atoms with E-state index in [-0.39, 0.29) is 5.25 Å². The lowest BCUT2D eigenvalue weighted by Crippen LogP contribution is -2.45. The van der Waals surface area contributed by atoms with Crippen LogP contribution >= 0.6 is 0 Å². The first-order valence-electron chi connectivity index (χ1n) is 9.01. The second kappa shape index (κ2) is 7.45. The van der Waals surface area contributed by atoms with Gasteiger partial charge in [0.05, 0.1) is 10.8 Å². The van der Waals surface area contributed by atoms with Gasteiger partial charge >= 0.3 is 0 Å². The number of hydrogen-bond donors (Lipinski definition) is 1. The Hall–Kier alpha value is -0.710. The summed E-state index contributed by atoms with van der Waals surface area (Å²) in [7, 11) is -0.886. The molecule has 0 aromatic heterocycles. The molecule has 1 atom stereocenters. The van der Waals surface area contributed by atoms with Crippen molar-refractivity contribution in [3.63, 3.8) is 0 Å². The summed E-state index contributed by atoms with van der Waals surface area (Å²) in [5.74, 6) is 0. The molecule has 1 unspecified atom stereocenters. The third-order valence-electron chi connectivity index (χ3n) is 5.55. The number of hydrogen-bond acceptors (Lipinski definition) is 3. The third-order valence-corrected chi connectivity index (χ3v) is 7.12. The van der Waals surface area contributed by atoms with E-state index in [0.717, 1.165) is 11.4 Å². The molecule has 1 N–H and O–H groups in total. The van der Waals surface area contributed by atoms with E-state index in [2.05, 4.69) is 28.4 Å². The summed E-state index contributed by atoms with van der Waals surface area (Å²) >= 11 is 0. The molecule has 1 aromatic rings. The van der Waals surface area contributed by atoms with E-state index >= 15 is 0 Å². The Bertz CT molecular complexity index is 542. The fourth-order valence-corrected chi connectivity index (χ4v) is 4.97. The van der Waals surface area contributed by atoms with Crippen molar-refractivity contribution in [3.05, 3.63) is 29.8 Å². The number of rotatable bonds is 4. The second-order valence-corrected chi connectivity index (χ2v) is 9.53. The molecule has 2 heterocycles. The van der Waals surface area contributed by atoms with Gasteiger partial charge in [0.1, 0.15) is 0 Å². The van der Waals surface area contributed by atoms with Crippen molar-refractivity contribution in [2.24, 2.45) is 5.41 Å². The molecule has 2 aliphatic rings. The zero-order valence-corrected chi connectivity index (χ0v) is 15.3. The van der Waals surface area contributed by atoms with Gasteiger partial charge in [-0.2, -0.15) is 0 Å². The molecule has 2 saturated heterocycles. The highest BCUT2D eigenvalue weighted by Crippen LogP contribution is 2.39. The molecule has 0 amide bonds. The van der Waals surface area contributed by atoms with Gasteiger partial charge in [0.15, 0.2) is 0 Å². The van der Waals surface area contributed by atoms with Gasteiger partial charge in [0.2, 0.25) is 0 Å². The molecule has 4 heteroatoms. The molecule has 0 radical (unpaired) electrons. The first kappa shape index (κ1) is 17.1. The average Bonchev–Trinajstić information content (AvgIpc) is 2.57. The molecule has 128 valence electrons. The fourth-order valence-electron chi connectivity index (χ4n) is 3.94. The first-order chi connectivity index (χ1) is 11.1. The zero-order valence-electron chi connectivity index (χ0n) is 14.5. The maximum atomic E-state index is 12.3. The highest BCUT2D eigenvalue weighted by atomic mass is 32.2. The highest BCUT2D eigenvalue weighted by molar-refractivity contribution is 7.85. The van der Waals surface area contributed by atoms with Gasteiger partial charge in [0, 0.05) is 16.7 Å². The lowest BCUT2D eigenvalue weighted by atomic mass is 9.71. The van der Waals surface area contributed by atoms with Crippen LogP contribution in [0.5, 0.6) is 0 Å². The summed E-state index contributed by atoms with van der Waals surface area (Å²) < 4.78 is 12.3. The molecule has 2 aliphatic heterocycles. The van der Waals surface area contributed by atoms with Gasteiger partial charge in [0.25, 0.3) is 0 Å². The number of nitrogens with one attached hydrogen (secondary N) is 1. The third kappa shape index (κ3) is 4.23. The van der Waals surface area contributed by atoms with Crippen molar-refractivity contribution < 1.29 is 4.21 Å². The van der Waals surface area contributed by atoms with Crippen LogP contribution in [0.1, 0.15) is 45.1 Å². The van der Waals surface area contributed by atoms with Crippen molar-refractivity contribution in [1.82, 2.24) is 10.2 Å². The van der Waals surface area contributed by atoms with E-state index < -0.39 is 10.8 Å². The number of piperidine rings is 2. The monoisotopic (exact) mass is 334 g/mol. The normalized spacial score (nSPS) is 23.3. The van der Waals surface area contributed by atoms with Crippen LogP contribution in [0.25, 0.3) is 0 Å². The minimum Gasteiger partial charge on any atom is -0.317 e. The van der Waals surface area contributed by atoms with Gasteiger partial charge < -0.3 is 5.32 Å². The molecule has 0 saturated carbocycles. The standard InChI is InChI=1S/C19H30N2OS/c1-16(2)23(22)18-5-3-4-17(14-18)15-21-12-8-19(9-13-21)6-10-20-11-7-19/h3-5,14,16,20H,6-13,15H2,1-2H3. The van der Waals surface area contributed by atoms with Crippen LogP contribution in [0.3, 0.4) is 0 Å². The second-order valence-electron chi connectivity index (χ2n) is 7.52. The van der Waals surface area contributed by atoms with Crippen LogP contribution in [0, 0.1) is 5.41 Å². The van der Waals surface area contributed by atoms with E-state index in [1.54, 1.807) is 0 Å². The summed E-state index contributed by atoms with van der Waals surface area (Å²) in [6.45, 7) is 9.84. The quantitative estimate of drug-likeness (QED) is 0.918. The fraction of sp³-hybridized carbons (Fsp3) is 0.684. The topological polar surface area (TPSA) is 32.3 Å². The lowest BCUT2D eigenvalue weighted by molar-refractivity contribution is 0.0701. The van der Waals surface area contributed by atoms with E-state index in [4.69, 9.17) is 0 Å². The number of nitrogens with zero attached hydrogens (tertiary/aromatic N) is 1. The van der Waals surface area contributed by atoms with Gasteiger partial charge in [-0.3, -0.25) is 9.11 Å². The molecule has 3 rings (SSSR count). The molecule has 2 fully saturated rings. The maximum absolute atomic E-state index is 12.3. The van der Waals surface area contributed by atoms with E-state index in [0.29, 0.717) is 5.41 Å². The van der Waals surface area contributed by atoms with Crippen molar-refractivity contribution in [3.8, 4) is 0 Å². The first-order valence-corrected chi connectivity index (χ1v) is 10.2. The maximum Gasteiger partial charge on any atom is 0.0555 e. The summed E-state index contributed by atoms with van der Waals surface area (Å²) in [5, 5.41) is 3.67. The molecule has 0 aliphatic carbocycles. The summed E-state index contributed by atoms with van der Waals surface area (Å²) in [4.78, 5) is 3.55. The van der Waals surface area contributed by atoms with Crippen LogP contribution in [-0.4, -0.2) is 40.5 Å². The lowest BCUT2D eigenvalue weighted by Gasteiger charge is -2.44. The van der Waals surface area contributed by atoms with E-state index in [1.807, 2.05) is 19.9 Å². The SMILES string of the molecule is CC(C)S(=O)c1cccc(CN2CCC3(CCNCC3)CC2)c1. The van der Waals surface area contributed by atoms with Gasteiger partial charge in [-0.05, 0) is 75.0 Å². The predicted octanol–water partition coefficient (Wildman–Crippen LogP) is 3.17. The van der Waals surface area contributed by atoms with Crippen LogP contribution < -0.4 is 5.32 Å². The van der Waals surface area contributed by atoms with E-state index in [9.17, 15) is 4.21 Å². The molecule has 3 nitrogen and oxygen atoms in total. The Balaban J connectivity index is 1.58. The Labute approximate surface area is 143 Å². The number of benzene rings is 1. The van der Waals surface area contributed by atoms with Gasteiger partial charge in [-0.25, -0.2) is 0 Å². The predicted molar refractivity (Wildman–Crippen MR) is 97.0 cm³/mol. The molecular formula is C19H30N2OS. The van der Waals surface area contributed by atoms with Crippen LogP contribution in [0.15, 0.2) is 29.2 Å².